The summed E-state index contributed by atoms with van der Waals surface area (Å²) in [6, 6.07) is 0. The van der Waals surface area contributed by atoms with Crippen LogP contribution in [0.4, 0.5) is 0 Å². The molecule has 84 valence electrons. The average Bonchev–Trinajstić information content (AvgIpc) is 2.16. The van der Waals surface area contributed by atoms with Gasteiger partial charge in [0.05, 0.1) is 4.75 Å². The normalized spacial score (nSPS) is 20.5. The van der Waals surface area contributed by atoms with E-state index in [0.717, 1.165) is 5.57 Å². The molecule has 0 N–H and O–H groups in total. The second kappa shape index (κ2) is 3.97. The number of sulfone groups is 1. The van der Waals surface area contributed by atoms with E-state index in [0.29, 0.717) is 11.3 Å². The standard InChI is InChI=1S/C12H18O2S/c1-10(11-8-6-5-7-9-11)15(13,14)12(2,3)4/h5-8H,9H2,1-4H3/b11-10-. The first-order valence-electron chi connectivity index (χ1n) is 5.04. The summed E-state index contributed by atoms with van der Waals surface area (Å²) in [5.41, 5.74) is 0.896. The fourth-order valence-electron chi connectivity index (χ4n) is 1.41. The van der Waals surface area contributed by atoms with E-state index >= 15 is 0 Å². The van der Waals surface area contributed by atoms with Crippen LogP contribution in [0.2, 0.25) is 0 Å². The van der Waals surface area contributed by atoms with E-state index in [1.807, 2.05) is 24.3 Å². The van der Waals surface area contributed by atoms with Crippen LogP contribution in [-0.2, 0) is 9.84 Å². The molecule has 0 aromatic rings. The van der Waals surface area contributed by atoms with Crippen LogP contribution in [0, 0.1) is 0 Å². The largest absolute Gasteiger partial charge is 0.223 e. The Morgan fingerprint density at radius 3 is 2.27 bits per heavy atom. The van der Waals surface area contributed by atoms with E-state index in [4.69, 9.17) is 0 Å². The molecule has 0 radical (unpaired) electrons. The van der Waals surface area contributed by atoms with Gasteiger partial charge in [-0.05, 0) is 39.7 Å². The van der Waals surface area contributed by atoms with Crippen molar-refractivity contribution in [3.8, 4) is 0 Å². The first-order valence-corrected chi connectivity index (χ1v) is 6.53. The molecule has 0 spiro atoms. The molecular weight excluding hydrogens is 208 g/mol. The highest BCUT2D eigenvalue weighted by Crippen LogP contribution is 2.28. The summed E-state index contributed by atoms with van der Waals surface area (Å²) in [4.78, 5) is 0.496. The monoisotopic (exact) mass is 226 g/mol. The zero-order valence-electron chi connectivity index (χ0n) is 9.74. The molecule has 0 heterocycles. The summed E-state index contributed by atoms with van der Waals surface area (Å²) in [6.07, 6.45) is 8.36. The lowest BCUT2D eigenvalue weighted by Gasteiger charge is -2.21. The van der Waals surface area contributed by atoms with Crippen LogP contribution < -0.4 is 0 Å². The lowest BCUT2D eigenvalue weighted by Crippen LogP contribution is -2.29. The predicted octanol–water partition coefficient (Wildman–Crippen LogP) is 2.99. The van der Waals surface area contributed by atoms with Gasteiger partial charge in [0, 0.05) is 4.91 Å². The predicted molar refractivity (Wildman–Crippen MR) is 64.3 cm³/mol. The molecule has 0 saturated carbocycles. The van der Waals surface area contributed by atoms with Crippen molar-refractivity contribution in [1.82, 2.24) is 0 Å². The summed E-state index contributed by atoms with van der Waals surface area (Å²) < 4.78 is 23.5. The molecule has 1 aliphatic carbocycles. The van der Waals surface area contributed by atoms with Crippen molar-refractivity contribution < 1.29 is 8.42 Å². The zero-order valence-corrected chi connectivity index (χ0v) is 10.6. The molecule has 0 atom stereocenters. The van der Waals surface area contributed by atoms with E-state index in [1.54, 1.807) is 27.7 Å². The number of allylic oxidation sites excluding steroid dienone is 6. The molecule has 0 bridgehead atoms. The number of rotatable bonds is 1. The van der Waals surface area contributed by atoms with Crippen LogP contribution in [-0.4, -0.2) is 13.2 Å². The molecule has 3 heteroatoms. The molecule has 0 aliphatic heterocycles. The first kappa shape index (κ1) is 12.2. The molecule has 0 saturated heterocycles. The Kier molecular flexibility index (Phi) is 3.24. The molecule has 15 heavy (non-hydrogen) atoms. The second-order valence-corrected chi connectivity index (χ2v) is 7.53. The highest BCUT2D eigenvalue weighted by molar-refractivity contribution is 7.96. The van der Waals surface area contributed by atoms with Gasteiger partial charge in [-0.3, -0.25) is 0 Å². The van der Waals surface area contributed by atoms with Gasteiger partial charge in [-0.2, -0.15) is 0 Å². The van der Waals surface area contributed by atoms with E-state index in [2.05, 4.69) is 0 Å². The topological polar surface area (TPSA) is 34.1 Å². The Morgan fingerprint density at radius 1 is 1.27 bits per heavy atom. The van der Waals surface area contributed by atoms with Gasteiger partial charge in [0.2, 0.25) is 0 Å². The third-order valence-electron chi connectivity index (χ3n) is 2.54. The van der Waals surface area contributed by atoms with Crippen LogP contribution in [0.25, 0.3) is 0 Å². The summed E-state index contributed by atoms with van der Waals surface area (Å²) in [5, 5.41) is 0. The third-order valence-corrected chi connectivity index (χ3v) is 5.22. The van der Waals surface area contributed by atoms with Gasteiger partial charge < -0.3 is 0 Å². The first-order chi connectivity index (χ1) is 6.77. The molecule has 0 amide bonds. The summed E-state index contributed by atoms with van der Waals surface area (Å²) in [7, 11) is -3.18. The maximum absolute atomic E-state index is 12.1. The van der Waals surface area contributed by atoms with E-state index in [1.165, 1.54) is 0 Å². The van der Waals surface area contributed by atoms with Crippen molar-refractivity contribution in [1.29, 1.82) is 0 Å². The van der Waals surface area contributed by atoms with Crippen molar-refractivity contribution in [2.24, 2.45) is 0 Å². The molecule has 0 aromatic carbocycles. The van der Waals surface area contributed by atoms with E-state index < -0.39 is 14.6 Å². The van der Waals surface area contributed by atoms with Gasteiger partial charge in [-0.15, -0.1) is 0 Å². The molecule has 0 fully saturated rings. The second-order valence-electron chi connectivity index (χ2n) is 4.69. The Bertz CT molecular complexity index is 429. The van der Waals surface area contributed by atoms with Gasteiger partial charge in [0.1, 0.15) is 0 Å². The van der Waals surface area contributed by atoms with Crippen LogP contribution in [0.5, 0.6) is 0 Å². The van der Waals surface area contributed by atoms with Gasteiger partial charge in [0.15, 0.2) is 9.84 Å². The maximum atomic E-state index is 12.1. The highest BCUT2D eigenvalue weighted by atomic mass is 32.2. The van der Waals surface area contributed by atoms with Crippen molar-refractivity contribution in [3.05, 3.63) is 34.8 Å². The lowest BCUT2D eigenvalue weighted by atomic mass is 10.1. The Balaban J connectivity index is 3.20. The lowest BCUT2D eigenvalue weighted by molar-refractivity contribution is 0.566. The van der Waals surface area contributed by atoms with E-state index in [-0.39, 0.29) is 0 Å². The molecular formula is C12H18O2S. The van der Waals surface area contributed by atoms with Gasteiger partial charge >= 0.3 is 0 Å². The minimum absolute atomic E-state index is 0.496. The van der Waals surface area contributed by atoms with Crippen LogP contribution in [0.15, 0.2) is 34.8 Å². The fourth-order valence-corrected chi connectivity index (χ4v) is 2.82. The summed E-state index contributed by atoms with van der Waals surface area (Å²) in [6.45, 7) is 6.89. The number of hydrogen-bond donors (Lipinski definition) is 0. The maximum Gasteiger partial charge on any atom is 0.179 e. The van der Waals surface area contributed by atoms with Crippen LogP contribution in [0.3, 0.4) is 0 Å². The summed E-state index contributed by atoms with van der Waals surface area (Å²) >= 11 is 0. The third kappa shape index (κ3) is 2.40. The van der Waals surface area contributed by atoms with E-state index in [9.17, 15) is 8.42 Å². The molecule has 1 aliphatic rings. The smallest absolute Gasteiger partial charge is 0.179 e. The Labute approximate surface area is 92.3 Å². The van der Waals surface area contributed by atoms with Crippen molar-refractivity contribution in [3.63, 3.8) is 0 Å². The molecule has 1 rings (SSSR count). The summed E-state index contributed by atoms with van der Waals surface area (Å²) in [5.74, 6) is 0. The minimum Gasteiger partial charge on any atom is -0.223 e. The molecule has 2 nitrogen and oxygen atoms in total. The Morgan fingerprint density at radius 2 is 1.87 bits per heavy atom. The Hall–Kier alpha value is -0.830. The van der Waals surface area contributed by atoms with Crippen molar-refractivity contribution >= 4 is 9.84 Å². The van der Waals surface area contributed by atoms with Gasteiger partial charge in [0.25, 0.3) is 0 Å². The number of hydrogen-bond acceptors (Lipinski definition) is 2. The average molecular weight is 226 g/mol. The van der Waals surface area contributed by atoms with Crippen molar-refractivity contribution in [2.45, 2.75) is 38.9 Å². The van der Waals surface area contributed by atoms with Crippen molar-refractivity contribution in [2.75, 3.05) is 0 Å². The van der Waals surface area contributed by atoms with Crippen LogP contribution in [0.1, 0.15) is 34.1 Å². The zero-order chi connectivity index (χ0) is 11.7. The van der Waals surface area contributed by atoms with Gasteiger partial charge in [-0.25, -0.2) is 8.42 Å². The minimum atomic E-state index is -3.18. The SMILES string of the molecule is C/C(=C1\C=CC=CC1)S(=O)(=O)C(C)(C)C. The highest BCUT2D eigenvalue weighted by Gasteiger charge is 2.31. The van der Waals surface area contributed by atoms with Crippen LogP contribution >= 0.6 is 0 Å². The molecule has 0 unspecified atom stereocenters. The molecule has 0 aromatic heterocycles. The quantitative estimate of drug-likeness (QED) is 0.689. The van der Waals surface area contributed by atoms with Gasteiger partial charge in [-0.1, -0.05) is 24.3 Å². The fraction of sp³-hybridized carbons (Fsp3) is 0.500.